The van der Waals surface area contributed by atoms with E-state index in [1.54, 1.807) is 43.1 Å². The molecule has 0 saturated carbocycles. The van der Waals surface area contributed by atoms with Crippen LogP contribution in [0.4, 0.5) is 27.5 Å². The fourth-order valence-corrected chi connectivity index (χ4v) is 9.45. The van der Waals surface area contributed by atoms with Gasteiger partial charge in [0.1, 0.15) is 5.82 Å². The van der Waals surface area contributed by atoms with Crippen molar-refractivity contribution in [1.29, 1.82) is 0 Å². The van der Waals surface area contributed by atoms with E-state index in [9.17, 15) is 19.3 Å². The normalized spacial score (nSPS) is 12.2. The number of benzene rings is 2. The van der Waals surface area contributed by atoms with E-state index in [-0.39, 0.29) is 17.5 Å². The van der Waals surface area contributed by atoms with Crippen molar-refractivity contribution in [2.24, 2.45) is 7.05 Å². The molecule has 0 radical (unpaired) electrons. The maximum atomic E-state index is 13.7. The molecule has 0 aliphatic rings. The van der Waals surface area contributed by atoms with Crippen LogP contribution in [0.1, 0.15) is 17.1 Å². The van der Waals surface area contributed by atoms with Crippen LogP contribution >= 0.6 is 0 Å². The molecule has 13 nitrogen and oxygen atoms in total. The van der Waals surface area contributed by atoms with Gasteiger partial charge in [0.05, 0.1) is 18.3 Å². The van der Waals surface area contributed by atoms with Crippen LogP contribution in [-0.4, -0.2) is 63.8 Å². The van der Waals surface area contributed by atoms with E-state index in [0.29, 0.717) is 47.0 Å². The number of nitrogens with zero attached hydrogens (tertiary/aromatic N) is 8. The molecule has 0 aliphatic heterocycles. The van der Waals surface area contributed by atoms with Crippen LogP contribution in [0.15, 0.2) is 79.4 Å². The number of nitro groups is 1. The molecular weight excluding hydrogens is 742 g/mol. The molecule has 6 rings (SSSR count). The molecular formula is C34H35FIN10O3-. The summed E-state index contributed by atoms with van der Waals surface area (Å²) in [5.41, 5.74) is 3.75. The average molecular weight is 778 g/mol. The number of pyridine rings is 1. The minimum atomic E-state index is -2.30. The van der Waals surface area contributed by atoms with Crippen LogP contribution in [0.2, 0.25) is 0 Å². The van der Waals surface area contributed by atoms with Gasteiger partial charge in [-0.1, -0.05) is 12.1 Å². The number of imidazole rings is 1. The van der Waals surface area contributed by atoms with Crippen molar-refractivity contribution < 1.29 is 32.5 Å². The average Bonchev–Trinajstić information content (AvgIpc) is 3.59. The predicted octanol–water partition coefficient (Wildman–Crippen LogP) is 2.41. The number of hydrogen-bond acceptors (Lipinski definition) is 9. The summed E-state index contributed by atoms with van der Waals surface area (Å²) in [6.45, 7) is 2.20. The number of allylic oxidation sites excluding steroid dienone is 1. The molecule has 0 spiro atoms. The predicted molar refractivity (Wildman–Crippen MR) is 184 cm³/mol. The second kappa shape index (κ2) is 14.0. The van der Waals surface area contributed by atoms with Crippen LogP contribution in [-0.2, 0) is 24.8 Å². The molecule has 0 unspecified atom stereocenters. The number of alkyl halides is 4. The quantitative estimate of drug-likeness (QED) is 0.0626. The Morgan fingerprint density at radius 3 is 2.73 bits per heavy atom. The Kier molecular flexibility index (Phi) is 9.62. The molecule has 0 atom stereocenters. The Hall–Kier alpha value is -5.32. The first-order valence-electron chi connectivity index (χ1n) is 15.3. The van der Waals surface area contributed by atoms with Crippen molar-refractivity contribution in [3.8, 4) is 0 Å². The summed E-state index contributed by atoms with van der Waals surface area (Å²) in [5.74, 6) is 0.842. The molecule has 0 aliphatic carbocycles. The number of aryl methyl sites for hydroxylation is 1. The van der Waals surface area contributed by atoms with E-state index in [0.717, 1.165) is 31.0 Å². The zero-order chi connectivity index (χ0) is 34.7. The van der Waals surface area contributed by atoms with Crippen molar-refractivity contribution in [3.05, 3.63) is 112 Å². The molecule has 254 valence electrons. The SMILES string of the molecule is Cc1nc([N+](=O)[O-])c(CC[I-](C)(C)C/C=C/C(=O)Nc2cc3c(Nc4ccc5c(cnn5Cc5cccc(F)c5)c4)ncnc3cn2)n1C. The second-order valence-electron chi connectivity index (χ2n) is 12.0. The van der Waals surface area contributed by atoms with Crippen molar-refractivity contribution >= 4 is 50.9 Å². The standard InChI is InChI=1S/C34H35FIN10O3/c1-22-41-34(46(48)49)30(44(22)4)12-14-36(2,3)13-6-9-32(47)43-31-17-27-28(19-37-31)38-21-39-33(27)42-26-10-11-29-24(16-26)18-40-45(29)20-23-7-5-8-25(35)15-23/h5-11,15-19,21H,12-14,20H2,1-4H3,(H,37,43,47)(H,38,39,42)/q-1/b9-6+. The first kappa shape index (κ1) is 33.6. The van der Waals surface area contributed by atoms with Gasteiger partial charge < -0.3 is 0 Å². The van der Waals surface area contributed by atoms with Crippen LogP contribution in [0.5, 0.6) is 0 Å². The monoisotopic (exact) mass is 777 g/mol. The zero-order valence-corrected chi connectivity index (χ0v) is 29.5. The topological polar surface area (TPSA) is 159 Å². The number of hydrogen-bond donors (Lipinski definition) is 2. The maximum absolute atomic E-state index is 13.7. The van der Waals surface area contributed by atoms with Gasteiger partial charge in [0.25, 0.3) is 0 Å². The Balaban J connectivity index is 1.10. The van der Waals surface area contributed by atoms with Crippen molar-refractivity contribution in [2.75, 3.05) is 29.3 Å². The van der Waals surface area contributed by atoms with Crippen molar-refractivity contribution in [1.82, 2.24) is 34.3 Å². The molecule has 6 aromatic rings. The van der Waals surface area contributed by atoms with E-state index in [1.165, 1.54) is 24.5 Å². The fraction of sp³-hybridized carbons (Fsp3) is 0.235. The number of amides is 1. The number of anilines is 3. The number of carbonyl (C=O) groups excluding carboxylic acids is 1. The third-order valence-corrected chi connectivity index (χ3v) is 14.5. The molecule has 0 bridgehead atoms. The number of aromatic nitrogens is 7. The van der Waals surface area contributed by atoms with E-state index < -0.39 is 23.4 Å². The fourth-order valence-electron chi connectivity index (χ4n) is 5.41. The van der Waals surface area contributed by atoms with Crippen molar-refractivity contribution in [3.63, 3.8) is 0 Å². The minimum absolute atomic E-state index is 0.0780. The Bertz CT molecular complexity index is 2230. The Morgan fingerprint density at radius 2 is 1.94 bits per heavy atom. The number of nitrogens with one attached hydrogen (secondary N) is 2. The van der Waals surface area contributed by atoms with E-state index in [2.05, 4.69) is 45.5 Å². The molecule has 1 amide bonds. The summed E-state index contributed by atoms with van der Waals surface area (Å²) in [6.07, 6.45) is 8.76. The van der Waals surface area contributed by atoms with Gasteiger partial charge in [0.2, 0.25) is 0 Å². The Labute approximate surface area is 285 Å². The van der Waals surface area contributed by atoms with E-state index >= 15 is 0 Å². The third kappa shape index (κ3) is 7.88. The number of carbonyl (C=O) groups is 1. The third-order valence-electron chi connectivity index (χ3n) is 8.11. The molecule has 0 saturated heterocycles. The summed E-state index contributed by atoms with van der Waals surface area (Å²) >= 11 is -2.30. The van der Waals surface area contributed by atoms with Gasteiger partial charge in [-0.25, -0.2) is 4.39 Å². The first-order valence-corrected chi connectivity index (χ1v) is 22.6. The molecule has 4 aromatic heterocycles. The number of fused-ring (bicyclic) bond motifs is 2. The first-order chi connectivity index (χ1) is 23.5. The molecule has 2 N–H and O–H groups in total. The van der Waals surface area contributed by atoms with Gasteiger partial charge in [0, 0.05) is 5.39 Å². The molecule has 49 heavy (non-hydrogen) atoms. The van der Waals surface area contributed by atoms with Gasteiger partial charge in [-0.15, -0.1) is 0 Å². The Morgan fingerprint density at radius 1 is 1.10 bits per heavy atom. The summed E-state index contributed by atoms with van der Waals surface area (Å²) in [6, 6.07) is 14.0. The summed E-state index contributed by atoms with van der Waals surface area (Å²) in [7, 11) is 1.80. The van der Waals surface area contributed by atoms with Gasteiger partial charge in [-0.05, 0) is 23.8 Å². The molecule has 2 aromatic carbocycles. The summed E-state index contributed by atoms with van der Waals surface area (Å²) < 4.78 is 18.9. The van der Waals surface area contributed by atoms with Gasteiger partial charge in [-0.2, -0.15) is 5.10 Å². The van der Waals surface area contributed by atoms with E-state index in [1.807, 2.05) is 35.0 Å². The molecule has 4 heterocycles. The second-order valence-corrected chi connectivity index (χ2v) is 23.3. The van der Waals surface area contributed by atoms with Crippen LogP contribution in [0, 0.1) is 22.9 Å². The van der Waals surface area contributed by atoms with Gasteiger partial charge in [-0.3, -0.25) is 4.68 Å². The number of rotatable bonds is 12. The van der Waals surface area contributed by atoms with Crippen LogP contribution in [0.25, 0.3) is 21.8 Å². The van der Waals surface area contributed by atoms with Gasteiger partial charge >= 0.3 is 207 Å². The molecule has 15 heteroatoms. The zero-order valence-electron chi connectivity index (χ0n) is 27.4. The number of halogens is 2. The molecule has 0 fully saturated rings. The van der Waals surface area contributed by atoms with Crippen LogP contribution < -0.4 is 29.1 Å². The summed E-state index contributed by atoms with van der Waals surface area (Å²) in [4.78, 5) is 45.5. The van der Waals surface area contributed by atoms with Gasteiger partial charge in [0.15, 0.2) is 0 Å². The summed E-state index contributed by atoms with van der Waals surface area (Å²) in [5, 5.41) is 23.7. The van der Waals surface area contributed by atoms with Crippen LogP contribution in [0.3, 0.4) is 0 Å². The van der Waals surface area contributed by atoms with E-state index in [4.69, 9.17) is 0 Å². The van der Waals surface area contributed by atoms with Crippen molar-refractivity contribution in [2.45, 2.75) is 19.9 Å².